The topological polar surface area (TPSA) is 212 Å². The number of hydrogen-bond acceptors (Lipinski definition) is 21. The fourth-order valence-corrected chi connectivity index (χ4v) is 18.5. The van der Waals surface area contributed by atoms with Crippen LogP contribution in [-0.2, 0) is 0 Å². The predicted molar refractivity (Wildman–Crippen MR) is 542 cm³/mol. The highest BCUT2D eigenvalue weighted by atomic mass is 32.1. The third kappa shape index (κ3) is 38.1. The van der Waals surface area contributed by atoms with Crippen LogP contribution in [0.1, 0.15) is 381 Å². The molecule has 0 saturated heterocycles. The number of esters is 3. The third-order valence-corrected chi connectivity index (χ3v) is 27.0. The van der Waals surface area contributed by atoms with Crippen molar-refractivity contribution in [3.05, 3.63) is 162 Å². The molecule has 10 rings (SSSR count). The summed E-state index contributed by atoms with van der Waals surface area (Å²) >= 11 is 4.31. The van der Waals surface area contributed by atoms with Crippen molar-refractivity contribution < 1.29 is 57.0 Å². The molecule has 21 heteroatoms. The van der Waals surface area contributed by atoms with Crippen LogP contribution < -0.4 is 42.6 Å². The zero-order valence-electron chi connectivity index (χ0n) is 80.3. The predicted octanol–water partition coefficient (Wildman–Crippen LogP) is 33.0. The Bertz CT molecular complexity index is 4380. The van der Waals surface area contributed by atoms with Gasteiger partial charge in [0, 0.05) is 33.4 Å². The first kappa shape index (κ1) is 105. The van der Waals surface area contributed by atoms with E-state index in [2.05, 4.69) is 72.1 Å². The Balaban J connectivity index is 0.831. The fourth-order valence-electron chi connectivity index (χ4n) is 16.0. The molecule has 18 nitrogen and oxygen atoms in total. The normalized spacial score (nSPS) is 11.3. The first-order chi connectivity index (χ1) is 65.0. The number of carbonyl (C=O) groups excluding carboxylic acids is 3. The summed E-state index contributed by atoms with van der Waals surface area (Å²) in [5.74, 6) is 2.44. The van der Waals surface area contributed by atoms with Gasteiger partial charge in [0.25, 0.3) is 0 Å². The van der Waals surface area contributed by atoms with Crippen LogP contribution in [0.4, 0.5) is 0 Å². The molecule has 7 aromatic carbocycles. The summed E-state index contributed by atoms with van der Waals surface area (Å²) in [6, 6.07) is 42.9. The van der Waals surface area contributed by atoms with Crippen LogP contribution >= 0.6 is 34.0 Å². The highest BCUT2D eigenvalue weighted by Crippen LogP contribution is 2.42. The number of aromatic nitrogens is 6. The second-order valence-electron chi connectivity index (χ2n) is 35.2. The van der Waals surface area contributed by atoms with Gasteiger partial charge in [-0.25, -0.2) is 14.4 Å². The van der Waals surface area contributed by atoms with Gasteiger partial charge < -0.3 is 42.6 Å². The summed E-state index contributed by atoms with van der Waals surface area (Å²) in [5.41, 5.74) is 4.56. The van der Waals surface area contributed by atoms with Crippen molar-refractivity contribution in [3.8, 4) is 115 Å². The van der Waals surface area contributed by atoms with Gasteiger partial charge >= 0.3 is 17.9 Å². The zero-order chi connectivity index (χ0) is 92.5. The Morgan fingerprint density at radius 3 is 0.561 bits per heavy atom. The Hall–Kier alpha value is -9.57. The second-order valence-corrected chi connectivity index (χ2v) is 38.1. The molecule has 0 aliphatic rings. The van der Waals surface area contributed by atoms with Crippen molar-refractivity contribution in [2.45, 2.75) is 350 Å². The minimum Gasteiger partial charge on any atom is -0.490 e. The van der Waals surface area contributed by atoms with E-state index in [1.807, 2.05) is 91.0 Å². The molecule has 0 spiro atoms. The summed E-state index contributed by atoms with van der Waals surface area (Å²) in [4.78, 5) is 43.6. The van der Waals surface area contributed by atoms with Crippen LogP contribution in [-0.4, -0.2) is 88.1 Å². The molecule has 0 bridgehead atoms. The van der Waals surface area contributed by atoms with Gasteiger partial charge in [-0.2, -0.15) is 0 Å². The third-order valence-electron chi connectivity index (χ3n) is 24.0. The smallest absolute Gasteiger partial charge is 0.343 e. The molecule has 0 radical (unpaired) electrons. The molecule has 0 N–H and O–H groups in total. The van der Waals surface area contributed by atoms with E-state index < -0.39 is 17.9 Å². The van der Waals surface area contributed by atoms with E-state index >= 15 is 0 Å². The van der Waals surface area contributed by atoms with Crippen molar-refractivity contribution in [2.75, 3.05) is 39.6 Å². The standard InChI is InChI=1S/C111H150N6O12S3/c1-7-13-19-25-31-37-43-49-73-121-97-70-61-88(82-100(97)124-76-52-46-40-34-28-22-16-10-4)106-115-112-103(130-106)85-55-64-94(65-56-85)127-109(118)91-79-92(110(119)128-95-66-57-86(58-67-95)104-113-116-107(131-104)89-62-71-98(122-74-50-44-38-32-26-20-14-8-2)101(83-89)125-77-53-47-41-35-29-23-17-11-5)81-93(80-91)111(120)129-96-68-59-87(60-69-96)105-114-117-108(132-105)90-63-72-99(123-75-51-45-39-33-27-21-15-9-3)102(84-90)126-78-54-48-42-36-30-24-18-12-6/h55-72,79-84H,7-54,73-78H2,1-6H3. The van der Waals surface area contributed by atoms with E-state index in [1.54, 1.807) is 36.4 Å². The molecule has 10 aromatic rings. The van der Waals surface area contributed by atoms with Crippen molar-refractivity contribution in [1.29, 1.82) is 0 Å². The van der Waals surface area contributed by atoms with Crippen molar-refractivity contribution in [2.24, 2.45) is 0 Å². The van der Waals surface area contributed by atoms with Crippen LogP contribution in [0.15, 0.2) is 146 Å². The first-order valence-electron chi connectivity index (χ1n) is 50.9. The minimum absolute atomic E-state index is 0.101. The maximum atomic E-state index is 14.5. The van der Waals surface area contributed by atoms with Crippen LogP contribution in [0.2, 0.25) is 0 Å². The molecule has 3 heterocycles. The number of benzene rings is 7. The van der Waals surface area contributed by atoms with Crippen LogP contribution in [0.25, 0.3) is 63.4 Å². The van der Waals surface area contributed by atoms with Crippen molar-refractivity contribution in [1.82, 2.24) is 30.6 Å². The lowest BCUT2D eigenvalue weighted by Crippen LogP contribution is -2.16. The lowest BCUT2D eigenvalue weighted by molar-refractivity contribution is 0.0734. The van der Waals surface area contributed by atoms with Gasteiger partial charge in [0.15, 0.2) is 34.5 Å². The lowest BCUT2D eigenvalue weighted by atomic mass is 10.1. The van der Waals surface area contributed by atoms with Gasteiger partial charge in [-0.3, -0.25) is 0 Å². The monoisotopic (exact) mass is 1860 g/mol. The Morgan fingerprint density at radius 1 is 0.197 bits per heavy atom. The average molecular weight is 1860 g/mol. The van der Waals surface area contributed by atoms with E-state index in [4.69, 9.17) is 42.6 Å². The van der Waals surface area contributed by atoms with Gasteiger partial charge in [-0.05, 0) is 184 Å². The van der Waals surface area contributed by atoms with E-state index in [0.717, 1.165) is 128 Å². The molecule has 0 aliphatic heterocycles. The first-order valence-corrected chi connectivity index (χ1v) is 53.3. The molecule has 0 amide bonds. The molecule has 0 unspecified atom stereocenters. The highest BCUT2D eigenvalue weighted by molar-refractivity contribution is 7.18. The zero-order valence-corrected chi connectivity index (χ0v) is 82.8. The molecular formula is C111H150N6O12S3. The lowest BCUT2D eigenvalue weighted by Gasteiger charge is -2.14. The number of carbonyl (C=O) groups is 3. The van der Waals surface area contributed by atoms with Gasteiger partial charge in [0.1, 0.15) is 47.3 Å². The van der Waals surface area contributed by atoms with Crippen molar-refractivity contribution in [3.63, 3.8) is 0 Å². The van der Waals surface area contributed by atoms with E-state index in [-0.39, 0.29) is 33.9 Å². The van der Waals surface area contributed by atoms with Gasteiger partial charge in [0.05, 0.1) is 56.3 Å². The largest absolute Gasteiger partial charge is 0.490 e. The molecule has 0 atom stereocenters. The SMILES string of the molecule is CCCCCCCCCCOc1ccc(-c2nnc(-c3ccc(OC(=O)c4cc(C(=O)Oc5ccc(-c6nnc(-c7ccc(OCCCCCCCCCC)c(OCCCCCCCCCC)c7)s6)cc5)cc(C(=O)Oc5ccc(-c6nnc(-c7ccc(OCCCCCCCCCC)c(OCCCCCCCCCC)c7)s6)cc5)c4)cc3)s2)cc1OCCCCCCCCCC. The summed E-state index contributed by atoms with van der Waals surface area (Å²) in [5, 5.41) is 31.8. The summed E-state index contributed by atoms with van der Waals surface area (Å²) in [6.07, 6.45) is 58.4. The number of rotatable bonds is 72. The summed E-state index contributed by atoms with van der Waals surface area (Å²) in [7, 11) is 0. The molecule has 0 fully saturated rings. The van der Waals surface area contributed by atoms with Crippen LogP contribution in [0.3, 0.4) is 0 Å². The number of hydrogen-bond donors (Lipinski definition) is 0. The average Bonchev–Trinajstić information content (AvgIpc) is 1.80. The molecule has 132 heavy (non-hydrogen) atoms. The molecule has 3 aromatic heterocycles. The molecule has 0 aliphatic carbocycles. The Kier molecular flexibility index (Phi) is 49.7. The summed E-state index contributed by atoms with van der Waals surface area (Å²) in [6.45, 7) is 17.2. The van der Waals surface area contributed by atoms with Crippen molar-refractivity contribution >= 4 is 51.9 Å². The van der Waals surface area contributed by atoms with E-state index in [1.165, 1.54) is 283 Å². The second kappa shape index (κ2) is 62.8. The maximum Gasteiger partial charge on any atom is 0.343 e. The van der Waals surface area contributed by atoms with E-state index in [9.17, 15) is 14.4 Å². The molecular weight excluding hydrogens is 1710 g/mol. The Morgan fingerprint density at radius 2 is 0.364 bits per heavy atom. The van der Waals surface area contributed by atoms with E-state index in [0.29, 0.717) is 86.9 Å². The maximum absolute atomic E-state index is 14.5. The van der Waals surface area contributed by atoms with Gasteiger partial charge in [-0.1, -0.05) is 345 Å². The van der Waals surface area contributed by atoms with Crippen LogP contribution in [0.5, 0.6) is 51.7 Å². The molecule has 0 saturated carbocycles. The number of ether oxygens (including phenoxy) is 9. The van der Waals surface area contributed by atoms with Crippen LogP contribution in [0, 0.1) is 0 Å². The van der Waals surface area contributed by atoms with Gasteiger partial charge in [-0.15, -0.1) is 30.6 Å². The molecule has 714 valence electrons. The number of unbranched alkanes of at least 4 members (excludes halogenated alkanes) is 42. The Labute approximate surface area is 801 Å². The summed E-state index contributed by atoms with van der Waals surface area (Å²) < 4.78 is 56.8. The minimum atomic E-state index is -0.835. The quantitative estimate of drug-likeness (QED) is 0.0197. The fraction of sp³-hybridized carbons (Fsp3) is 0.541. The highest BCUT2D eigenvalue weighted by Gasteiger charge is 2.24. The van der Waals surface area contributed by atoms with Gasteiger partial charge in [0.2, 0.25) is 0 Å². The number of nitrogens with zero attached hydrogens (tertiary/aromatic N) is 6.